The highest BCUT2D eigenvalue weighted by molar-refractivity contribution is 5.80. The Morgan fingerprint density at radius 2 is 2.06 bits per heavy atom. The number of benzene rings is 1. The summed E-state index contributed by atoms with van der Waals surface area (Å²) < 4.78 is 9.36. The van der Waals surface area contributed by atoms with Crippen LogP contribution in [0.3, 0.4) is 0 Å². The van der Waals surface area contributed by atoms with Gasteiger partial charge in [-0.15, -0.1) is 0 Å². The van der Waals surface area contributed by atoms with Crippen LogP contribution >= 0.6 is 0 Å². The highest BCUT2D eigenvalue weighted by Gasteiger charge is 1.95. The number of esters is 1. The third-order valence-corrected chi connectivity index (χ3v) is 1.60. The van der Waals surface area contributed by atoms with E-state index in [1.165, 1.54) is 7.11 Å². The van der Waals surface area contributed by atoms with Crippen LogP contribution in [0.1, 0.15) is 6.92 Å². The lowest BCUT2D eigenvalue weighted by molar-refractivity contribution is -0.134. The van der Waals surface area contributed by atoms with Crippen molar-refractivity contribution in [2.24, 2.45) is 0 Å². The van der Waals surface area contributed by atoms with Crippen LogP contribution in [0.25, 0.3) is 0 Å². The molecular weight excluding hydrogens is 220 g/mol. The van der Waals surface area contributed by atoms with Gasteiger partial charge in [0.1, 0.15) is 12.4 Å². The topological polar surface area (TPSA) is 55.8 Å². The average Bonchev–Trinajstić information content (AvgIpc) is 2.37. The first-order valence-electron chi connectivity index (χ1n) is 5.16. The number of ether oxygens (including phenoxy) is 2. The summed E-state index contributed by atoms with van der Waals surface area (Å²) in [5.74, 6) is 0.406. The Morgan fingerprint density at radius 3 is 2.41 bits per heavy atom. The lowest BCUT2D eigenvalue weighted by Crippen LogP contribution is -2.12. The summed E-state index contributed by atoms with van der Waals surface area (Å²) in [5, 5.41) is 8.89. The number of aliphatic hydroxyl groups is 1. The normalized spacial score (nSPS) is 10.5. The number of hydrogen-bond acceptors (Lipinski definition) is 4. The molecule has 94 valence electrons. The summed E-state index contributed by atoms with van der Waals surface area (Å²) in [6, 6.07) is 9.45. The molecule has 0 saturated heterocycles. The second-order valence-electron chi connectivity index (χ2n) is 3.20. The van der Waals surface area contributed by atoms with Gasteiger partial charge in [-0.05, 0) is 19.1 Å². The van der Waals surface area contributed by atoms with Crippen molar-refractivity contribution >= 4 is 5.97 Å². The Hall–Kier alpha value is -1.81. The predicted octanol–water partition coefficient (Wildman–Crippen LogP) is 1.79. The molecule has 1 aromatic rings. The molecule has 0 aromatic heterocycles. The van der Waals surface area contributed by atoms with Crippen LogP contribution < -0.4 is 4.74 Å². The van der Waals surface area contributed by atoms with Crippen molar-refractivity contribution < 1.29 is 19.4 Å². The highest BCUT2D eigenvalue weighted by atomic mass is 16.5. The second-order valence-corrected chi connectivity index (χ2v) is 3.20. The molecule has 0 aliphatic heterocycles. The zero-order valence-electron chi connectivity index (χ0n) is 10.1. The van der Waals surface area contributed by atoms with Gasteiger partial charge in [0, 0.05) is 6.08 Å². The van der Waals surface area contributed by atoms with E-state index in [1.54, 1.807) is 6.92 Å². The molecule has 1 atom stereocenters. The number of hydrogen-bond donors (Lipinski definition) is 1. The molecule has 1 unspecified atom stereocenters. The molecule has 0 amide bonds. The maximum absolute atomic E-state index is 9.84. The Morgan fingerprint density at radius 1 is 1.47 bits per heavy atom. The number of carbonyl (C=O) groups excluding carboxylic acids is 1. The van der Waals surface area contributed by atoms with Crippen molar-refractivity contribution in [3.63, 3.8) is 0 Å². The molecule has 1 rings (SSSR count). The van der Waals surface area contributed by atoms with Gasteiger partial charge in [-0.2, -0.15) is 0 Å². The summed E-state index contributed by atoms with van der Waals surface area (Å²) in [5.41, 5.74) is 0. The van der Waals surface area contributed by atoms with Crippen LogP contribution in [-0.2, 0) is 9.53 Å². The first-order valence-corrected chi connectivity index (χ1v) is 5.16. The third kappa shape index (κ3) is 9.14. The Bertz CT molecular complexity index is 319. The fraction of sp³-hybridized carbons (Fsp3) is 0.308. The minimum absolute atomic E-state index is 0.351. The molecule has 0 heterocycles. The van der Waals surface area contributed by atoms with Crippen molar-refractivity contribution in [1.29, 1.82) is 0 Å². The molecular formula is C13H18O4. The van der Waals surface area contributed by atoms with Crippen molar-refractivity contribution in [2.75, 3.05) is 13.7 Å². The first kappa shape index (κ1) is 15.2. The van der Waals surface area contributed by atoms with Crippen LogP contribution in [0.15, 0.2) is 43.0 Å². The van der Waals surface area contributed by atoms with Crippen molar-refractivity contribution in [3.05, 3.63) is 43.0 Å². The van der Waals surface area contributed by atoms with Crippen LogP contribution in [0.2, 0.25) is 0 Å². The van der Waals surface area contributed by atoms with Crippen molar-refractivity contribution in [2.45, 2.75) is 13.0 Å². The third-order valence-electron chi connectivity index (χ3n) is 1.60. The van der Waals surface area contributed by atoms with Gasteiger partial charge in [-0.3, -0.25) is 0 Å². The zero-order chi connectivity index (χ0) is 13.1. The van der Waals surface area contributed by atoms with Gasteiger partial charge in [-0.25, -0.2) is 4.79 Å². The molecule has 0 fully saturated rings. The van der Waals surface area contributed by atoms with Crippen LogP contribution in [0, 0.1) is 0 Å². The van der Waals surface area contributed by atoms with Crippen molar-refractivity contribution in [1.82, 2.24) is 0 Å². The van der Waals surface area contributed by atoms with E-state index in [1.807, 2.05) is 30.3 Å². The smallest absolute Gasteiger partial charge is 0.329 e. The van der Waals surface area contributed by atoms with Gasteiger partial charge in [0.25, 0.3) is 0 Å². The highest BCUT2D eigenvalue weighted by Crippen LogP contribution is 2.07. The standard InChI is InChI=1S/C9H12O2.C4H6O2/c1-8(10)7-11-9-5-3-2-4-6-9;1-3-4(5)6-2/h2-6,8,10H,7H2,1H3;3H,1H2,2H3. The molecule has 0 bridgehead atoms. The van der Waals surface area contributed by atoms with E-state index in [0.29, 0.717) is 6.61 Å². The minimum atomic E-state index is -0.407. The molecule has 1 aromatic carbocycles. The Kier molecular flexibility index (Phi) is 8.42. The van der Waals surface area contributed by atoms with E-state index < -0.39 is 12.1 Å². The van der Waals surface area contributed by atoms with Crippen LogP contribution in [0.4, 0.5) is 0 Å². The van der Waals surface area contributed by atoms with E-state index in [-0.39, 0.29) is 0 Å². The van der Waals surface area contributed by atoms with Gasteiger partial charge in [0.05, 0.1) is 13.2 Å². The molecule has 0 aliphatic rings. The van der Waals surface area contributed by atoms with Gasteiger partial charge in [0.15, 0.2) is 0 Å². The Balaban J connectivity index is 0.000000366. The molecule has 0 aliphatic carbocycles. The molecule has 0 spiro atoms. The maximum Gasteiger partial charge on any atom is 0.329 e. The molecule has 0 saturated carbocycles. The molecule has 1 N–H and O–H groups in total. The first-order chi connectivity index (χ1) is 8.10. The fourth-order valence-electron chi connectivity index (χ4n) is 0.817. The fourth-order valence-corrected chi connectivity index (χ4v) is 0.817. The van der Waals surface area contributed by atoms with Crippen LogP contribution in [0.5, 0.6) is 5.75 Å². The van der Waals surface area contributed by atoms with Gasteiger partial charge in [-0.1, -0.05) is 24.8 Å². The number of rotatable bonds is 4. The zero-order valence-corrected chi connectivity index (χ0v) is 10.1. The monoisotopic (exact) mass is 238 g/mol. The van der Waals surface area contributed by atoms with E-state index in [2.05, 4.69) is 11.3 Å². The largest absolute Gasteiger partial charge is 0.491 e. The average molecular weight is 238 g/mol. The molecule has 17 heavy (non-hydrogen) atoms. The van der Waals surface area contributed by atoms with E-state index in [0.717, 1.165) is 11.8 Å². The SMILES string of the molecule is C=CC(=O)OC.CC(O)COc1ccccc1. The van der Waals surface area contributed by atoms with E-state index in [9.17, 15) is 4.79 Å². The van der Waals surface area contributed by atoms with E-state index >= 15 is 0 Å². The predicted molar refractivity (Wildman–Crippen MR) is 65.8 cm³/mol. The maximum atomic E-state index is 9.84. The molecule has 0 radical (unpaired) electrons. The molecule has 4 nitrogen and oxygen atoms in total. The summed E-state index contributed by atoms with van der Waals surface area (Å²) in [6.07, 6.45) is 0.704. The lowest BCUT2D eigenvalue weighted by atomic mass is 10.3. The van der Waals surface area contributed by atoms with E-state index in [4.69, 9.17) is 9.84 Å². The molecule has 4 heteroatoms. The summed E-state index contributed by atoms with van der Waals surface area (Å²) >= 11 is 0. The summed E-state index contributed by atoms with van der Waals surface area (Å²) in [6.45, 7) is 5.21. The summed E-state index contributed by atoms with van der Waals surface area (Å²) in [7, 11) is 1.31. The van der Waals surface area contributed by atoms with Crippen LogP contribution in [-0.4, -0.2) is 30.9 Å². The minimum Gasteiger partial charge on any atom is -0.491 e. The number of methoxy groups -OCH3 is 1. The van der Waals surface area contributed by atoms with Gasteiger partial charge >= 0.3 is 5.97 Å². The number of aliphatic hydroxyl groups excluding tert-OH is 1. The second kappa shape index (κ2) is 9.42. The number of carbonyl (C=O) groups is 1. The van der Waals surface area contributed by atoms with Gasteiger partial charge in [0.2, 0.25) is 0 Å². The Labute approximate surface area is 101 Å². The summed E-state index contributed by atoms with van der Waals surface area (Å²) in [4.78, 5) is 9.84. The number of para-hydroxylation sites is 1. The quantitative estimate of drug-likeness (QED) is 0.642. The lowest BCUT2D eigenvalue weighted by Gasteiger charge is -2.06. The van der Waals surface area contributed by atoms with Crippen molar-refractivity contribution in [3.8, 4) is 5.75 Å². The van der Waals surface area contributed by atoms with Gasteiger partial charge < -0.3 is 14.6 Å².